The van der Waals surface area contributed by atoms with Crippen molar-refractivity contribution in [3.63, 3.8) is 0 Å². The second-order valence-electron chi connectivity index (χ2n) is 15.1. The lowest BCUT2D eigenvalue weighted by atomic mass is 9.87. The van der Waals surface area contributed by atoms with Gasteiger partial charge in [0.25, 0.3) is 0 Å². The summed E-state index contributed by atoms with van der Waals surface area (Å²) in [5.41, 5.74) is 3.16. The molecular formula is C44H48F2N8O4. The molecule has 2 fully saturated rings. The van der Waals surface area contributed by atoms with Crippen molar-refractivity contribution >= 4 is 11.4 Å². The summed E-state index contributed by atoms with van der Waals surface area (Å²) in [5.74, 6) is -0.555. The van der Waals surface area contributed by atoms with E-state index in [0.29, 0.717) is 38.2 Å². The van der Waals surface area contributed by atoms with Gasteiger partial charge in [-0.25, -0.2) is 32.5 Å². The fraction of sp³-hybridized carbons (Fsp3) is 0.364. The first kappa shape index (κ1) is 39.0. The molecule has 2 saturated heterocycles. The van der Waals surface area contributed by atoms with Crippen molar-refractivity contribution < 1.29 is 23.0 Å². The molecule has 58 heavy (non-hydrogen) atoms. The SMILES string of the molecule is CCC(C(C)OCc1ccccc1)n1ncn(-c2ccc(N3CCN(c4ccc(OCC5CO[C@@](Cn6cncn6)(c6ccc(F)cc6F)C5)cc4)CC3)cc2)c1=O. The van der Waals surface area contributed by atoms with Crippen LogP contribution in [0.4, 0.5) is 20.2 Å². The minimum atomic E-state index is -1.02. The third-order valence-electron chi connectivity index (χ3n) is 11.3. The number of aromatic nitrogens is 6. The molecule has 6 aromatic rings. The molecule has 302 valence electrons. The number of benzene rings is 4. The van der Waals surface area contributed by atoms with E-state index in [4.69, 9.17) is 14.2 Å². The molecule has 0 bridgehead atoms. The van der Waals surface area contributed by atoms with Crippen molar-refractivity contribution in [1.82, 2.24) is 29.1 Å². The highest BCUT2D eigenvalue weighted by Crippen LogP contribution is 2.42. The van der Waals surface area contributed by atoms with Crippen LogP contribution in [-0.2, 0) is 28.2 Å². The Kier molecular flexibility index (Phi) is 11.6. The Balaban J connectivity index is 0.828. The van der Waals surface area contributed by atoms with E-state index in [1.54, 1.807) is 26.6 Å². The van der Waals surface area contributed by atoms with Crippen molar-refractivity contribution in [1.29, 1.82) is 0 Å². The van der Waals surface area contributed by atoms with Crippen molar-refractivity contribution in [3.05, 3.63) is 149 Å². The molecule has 4 atom stereocenters. The van der Waals surface area contributed by atoms with Crippen LogP contribution in [0, 0.1) is 17.6 Å². The average Bonchev–Trinajstić information content (AvgIpc) is 4.02. The lowest BCUT2D eigenvalue weighted by molar-refractivity contribution is -0.0206. The molecular weight excluding hydrogens is 743 g/mol. The second kappa shape index (κ2) is 17.3. The third-order valence-corrected chi connectivity index (χ3v) is 11.3. The lowest BCUT2D eigenvalue weighted by Gasteiger charge is -2.37. The largest absolute Gasteiger partial charge is 0.493 e. The van der Waals surface area contributed by atoms with Crippen LogP contribution < -0.4 is 20.2 Å². The molecule has 0 amide bonds. The number of piperazine rings is 1. The first-order valence-electron chi connectivity index (χ1n) is 19.9. The van der Waals surface area contributed by atoms with Gasteiger partial charge in [-0.3, -0.25) is 0 Å². The number of nitrogens with zero attached hydrogens (tertiary/aromatic N) is 8. The summed E-state index contributed by atoms with van der Waals surface area (Å²) < 4.78 is 52.1. The Morgan fingerprint density at radius 1 is 0.862 bits per heavy atom. The predicted octanol–water partition coefficient (Wildman–Crippen LogP) is 6.80. The summed E-state index contributed by atoms with van der Waals surface area (Å²) in [7, 11) is 0. The summed E-state index contributed by atoms with van der Waals surface area (Å²) >= 11 is 0. The minimum Gasteiger partial charge on any atom is -0.493 e. The van der Waals surface area contributed by atoms with Crippen LogP contribution in [0.2, 0.25) is 0 Å². The highest BCUT2D eigenvalue weighted by atomic mass is 19.1. The monoisotopic (exact) mass is 790 g/mol. The molecule has 4 aromatic carbocycles. The standard InChI is InChI=1S/C44H48F2N8O4/c1-3-42(32(2)56-25-33-7-5-4-6-8-33)54-43(55)53(31-49-54)38-12-10-36(11-13-38)50-19-21-51(22-20-50)37-14-16-39(17-15-37)57-26-34-24-44(58-27-34,28-52-30-47-29-48-52)40-18-9-35(45)23-41(40)46/h4-18,23,29-32,34,42H,3,19-22,24-28H2,1-2H3/t32?,34?,42?,44-/m0/s1. The van der Waals surface area contributed by atoms with Crippen LogP contribution in [0.5, 0.6) is 5.75 Å². The topological polar surface area (TPSA) is 105 Å². The van der Waals surface area contributed by atoms with Crippen LogP contribution in [0.3, 0.4) is 0 Å². The first-order chi connectivity index (χ1) is 28.3. The Bertz CT molecular complexity index is 2300. The molecule has 2 aromatic heterocycles. The fourth-order valence-electron chi connectivity index (χ4n) is 8.14. The fourth-order valence-corrected chi connectivity index (χ4v) is 8.14. The highest BCUT2D eigenvalue weighted by Gasteiger charge is 2.44. The average molecular weight is 791 g/mol. The molecule has 0 saturated carbocycles. The van der Waals surface area contributed by atoms with Crippen LogP contribution in [0.25, 0.3) is 5.69 Å². The van der Waals surface area contributed by atoms with Crippen molar-refractivity contribution in [2.75, 3.05) is 49.2 Å². The molecule has 0 aliphatic carbocycles. The summed E-state index contributed by atoms with van der Waals surface area (Å²) in [6, 6.07) is 29.6. The van der Waals surface area contributed by atoms with Crippen LogP contribution >= 0.6 is 0 Å². The Morgan fingerprint density at radius 3 is 2.21 bits per heavy atom. The maximum absolute atomic E-state index is 15.0. The van der Waals surface area contributed by atoms with E-state index in [1.807, 2.05) is 68.4 Å². The molecule has 2 aliphatic rings. The molecule has 14 heteroatoms. The lowest BCUT2D eigenvalue weighted by Crippen LogP contribution is -2.46. The summed E-state index contributed by atoms with van der Waals surface area (Å²) in [6.07, 6.45) is 5.57. The van der Waals surface area contributed by atoms with Gasteiger partial charge in [0.15, 0.2) is 0 Å². The Hall–Kier alpha value is -5.86. The van der Waals surface area contributed by atoms with Gasteiger partial charge in [0.1, 0.15) is 42.0 Å². The van der Waals surface area contributed by atoms with Gasteiger partial charge in [-0.05, 0) is 79.9 Å². The first-order valence-corrected chi connectivity index (χ1v) is 19.9. The van der Waals surface area contributed by atoms with Gasteiger partial charge >= 0.3 is 5.69 Å². The van der Waals surface area contributed by atoms with E-state index in [-0.39, 0.29) is 30.3 Å². The van der Waals surface area contributed by atoms with Gasteiger partial charge in [-0.1, -0.05) is 43.3 Å². The zero-order valence-corrected chi connectivity index (χ0v) is 32.7. The molecule has 0 spiro atoms. The Morgan fingerprint density at radius 2 is 1.55 bits per heavy atom. The second-order valence-corrected chi connectivity index (χ2v) is 15.1. The highest BCUT2D eigenvalue weighted by molar-refractivity contribution is 5.54. The number of ether oxygens (including phenoxy) is 3. The predicted molar refractivity (Wildman–Crippen MR) is 216 cm³/mol. The zero-order valence-electron chi connectivity index (χ0n) is 32.7. The summed E-state index contributed by atoms with van der Waals surface area (Å²) in [6.45, 7) is 8.91. The third kappa shape index (κ3) is 8.53. The van der Waals surface area contributed by atoms with Gasteiger partial charge in [-0.15, -0.1) is 0 Å². The number of hydrogen-bond acceptors (Lipinski definition) is 9. The number of hydrogen-bond donors (Lipinski definition) is 0. The van der Waals surface area contributed by atoms with Gasteiger partial charge < -0.3 is 24.0 Å². The van der Waals surface area contributed by atoms with E-state index in [2.05, 4.69) is 49.2 Å². The van der Waals surface area contributed by atoms with E-state index < -0.39 is 17.2 Å². The van der Waals surface area contributed by atoms with Gasteiger partial charge in [-0.2, -0.15) is 10.2 Å². The molecule has 0 radical (unpaired) electrons. The van der Waals surface area contributed by atoms with Crippen LogP contribution in [0.1, 0.15) is 43.9 Å². The molecule has 4 heterocycles. The summed E-state index contributed by atoms with van der Waals surface area (Å²) in [4.78, 5) is 22.2. The van der Waals surface area contributed by atoms with Crippen LogP contribution in [-0.4, -0.2) is 74.6 Å². The molecule has 0 N–H and O–H groups in total. The minimum absolute atomic E-state index is 0.0128. The van der Waals surface area contributed by atoms with Crippen molar-refractivity contribution in [2.24, 2.45) is 5.92 Å². The molecule has 12 nitrogen and oxygen atoms in total. The number of anilines is 2. The van der Waals surface area contributed by atoms with Gasteiger partial charge in [0, 0.05) is 55.1 Å². The maximum Gasteiger partial charge on any atom is 0.350 e. The maximum atomic E-state index is 15.0. The van der Waals surface area contributed by atoms with Crippen molar-refractivity contribution in [2.45, 2.75) is 57.6 Å². The van der Waals surface area contributed by atoms with E-state index >= 15 is 4.39 Å². The normalized spacial score (nSPS) is 19.3. The van der Waals surface area contributed by atoms with Gasteiger partial charge in [0.2, 0.25) is 0 Å². The quantitative estimate of drug-likeness (QED) is 0.111. The molecule has 8 rings (SSSR count). The van der Waals surface area contributed by atoms with Gasteiger partial charge in [0.05, 0.1) is 44.2 Å². The van der Waals surface area contributed by atoms with Crippen molar-refractivity contribution in [3.8, 4) is 11.4 Å². The van der Waals surface area contributed by atoms with E-state index in [1.165, 1.54) is 18.5 Å². The molecule has 2 aliphatic heterocycles. The number of halogens is 2. The smallest absolute Gasteiger partial charge is 0.350 e. The van der Waals surface area contributed by atoms with E-state index in [9.17, 15) is 9.18 Å². The van der Waals surface area contributed by atoms with Crippen LogP contribution in [0.15, 0.2) is 121 Å². The summed E-state index contributed by atoms with van der Waals surface area (Å²) in [5, 5.41) is 8.68. The van der Waals surface area contributed by atoms with E-state index in [0.717, 1.165) is 60.6 Å². The zero-order chi connectivity index (χ0) is 40.1. The number of rotatable bonds is 15. The molecule has 3 unspecified atom stereocenters. The Labute approximate surface area is 336 Å².